The quantitative estimate of drug-likeness (QED) is 0.725. The molecule has 1 aromatic rings. The van der Waals surface area contributed by atoms with Gasteiger partial charge in [0.15, 0.2) is 11.6 Å². The summed E-state index contributed by atoms with van der Waals surface area (Å²) in [5.74, 6) is -0.201. The summed E-state index contributed by atoms with van der Waals surface area (Å²) in [6, 6.07) is 0.00352. The maximum Gasteiger partial charge on any atom is 0.186 e. The van der Waals surface area contributed by atoms with Crippen LogP contribution in [-0.4, -0.2) is 22.6 Å². The van der Waals surface area contributed by atoms with Crippen LogP contribution in [0.15, 0.2) is 6.33 Å². The Balaban J connectivity index is 2.83. The molecule has 1 heterocycles. The van der Waals surface area contributed by atoms with Crippen molar-refractivity contribution >= 4 is 5.82 Å². The van der Waals surface area contributed by atoms with E-state index in [4.69, 9.17) is 5.73 Å². The molecule has 1 atom stereocenters. The van der Waals surface area contributed by atoms with E-state index in [1.807, 2.05) is 6.92 Å². The lowest BCUT2D eigenvalue weighted by molar-refractivity contribution is 0.601. The highest BCUT2D eigenvalue weighted by Gasteiger charge is 2.08. The minimum atomic E-state index is -0.414. The van der Waals surface area contributed by atoms with Gasteiger partial charge < -0.3 is 11.1 Å². The van der Waals surface area contributed by atoms with Crippen LogP contribution in [0.3, 0.4) is 0 Å². The SMILES string of the molecule is Cc1ncnc(NC(C)CN)c1F. The highest BCUT2D eigenvalue weighted by atomic mass is 19.1. The summed E-state index contributed by atoms with van der Waals surface area (Å²) >= 11 is 0. The van der Waals surface area contributed by atoms with Crippen LogP contribution in [0.4, 0.5) is 10.2 Å². The molecule has 1 aromatic heterocycles. The van der Waals surface area contributed by atoms with E-state index in [1.165, 1.54) is 6.33 Å². The number of aromatic nitrogens is 2. The van der Waals surface area contributed by atoms with Gasteiger partial charge in [-0.3, -0.25) is 0 Å². The number of anilines is 1. The third kappa shape index (κ3) is 2.35. The number of aryl methyl sites for hydroxylation is 1. The minimum Gasteiger partial charge on any atom is -0.364 e. The number of nitrogens with two attached hydrogens (primary N) is 1. The van der Waals surface area contributed by atoms with E-state index in [-0.39, 0.29) is 11.9 Å². The van der Waals surface area contributed by atoms with E-state index < -0.39 is 5.82 Å². The van der Waals surface area contributed by atoms with E-state index >= 15 is 0 Å². The van der Waals surface area contributed by atoms with Crippen molar-refractivity contribution in [2.24, 2.45) is 5.73 Å². The molecule has 72 valence electrons. The molecule has 0 aliphatic rings. The van der Waals surface area contributed by atoms with Crippen LogP contribution >= 0.6 is 0 Å². The molecular weight excluding hydrogens is 171 g/mol. The van der Waals surface area contributed by atoms with E-state index in [1.54, 1.807) is 6.92 Å². The molecular formula is C8H13FN4. The normalized spacial score (nSPS) is 12.6. The number of hydrogen-bond donors (Lipinski definition) is 2. The third-order valence-electron chi connectivity index (χ3n) is 1.70. The molecule has 1 unspecified atom stereocenters. The Morgan fingerprint density at radius 3 is 2.92 bits per heavy atom. The fourth-order valence-electron chi connectivity index (χ4n) is 0.851. The average molecular weight is 184 g/mol. The summed E-state index contributed by atoms with van der Waals surface area (Å²) in [5, 5.41) is 2.85. The first-order chi connectivity index (χ1) is 6.15. The monoisotopic (exact) mass is 184 g/mol. The first-order valence-corrected chi connectivity index (χ1v) is 4.09. The molecule has 0 fully saturated rings. The summed E-state index contributed by atoms with van der Waals surface area (Å²) in [5.41, 5.74) is 5.71. The lowest BCUT2D eigenvalue weighted by Crippen LogP contribution is -2.26. The predicted molar refractivity (Wildman–Crippen MR) is 48.9 cm³/mol. The number of nitrogens with one attached hydrogen (secondary N) is 1. The molecule has 0 radical (unpaired) electrons. The van der Waals surface area contributed by atoms with Gasteiger partial charge in [0.05, 0.1) is 5.69 Å². The molecule has 0 saturated carbocycles. The lowest BCUT2D eigenvalue weighted by Gasteiger charge is -2.12. The predicted octanol–water partition coefficient (Wildman–Crippen LogP) is 0.683. The summed E-state index contributed by atoms with van der Waals surface area (Å²) in [7, 11) is 0. The summed E-state index contributed by atoms with van der Waals surface area (Å²) in [6.45, 7) is 3.88. The van der Waals surface area contributed by atoms with Gasteiger partial charge >= 0.3 is 0 Å². The lowest BCUT2D eigenvalue weighted by atomic mass is 10.3. The van der Waals surface area contributed by atoms with Gasteiger partial charge in [-0.15, -0.1) is 0 Å². The Kier molecular flexibility index (Phi) is 3.13. The van der Waals surface area contributed by atoms with E-state index in [2.05, 4.69) is 15.3 Å². The van der Waals surface area contributed by atoms with E-state index in [0.717, 1.165) is 0 Å². The van der Waals surface area contributed by atoms with Crippen LogP contribution < -0.4 is 11.1 Å². The first kappa shape index (κ1) is 9.85. The molecule has 3 N–H and O–H groups in total. The van der Waals surface area contributed by atoms with Gasteiger partial charge in [-0.25, -0.2) is 14.4 Å². The van der Waals surface area contributed by atoms with E-state index in [0.29, 0.717) is 12.2 Å². The van der Waals surface area contributed by atoms with Crippen molar-refractivity contribution in [2.45, 2.75) is 19.9 Å². The molecule has 0 aliphatic carbocycles. The van der Waals surface area contributed by atoms with Gasteiger partial charge in [0, 0.05) is 12.6 Å². The van der Waals surface area contributed by atoms with Crippen molar-refractivity contribution in [2.75, 3.05) is 11.9 Å². The second-order valence-electron chi connectivity index (χ2n) is 2.90. The maximum absolute atomic E-state index is 13.3. The van der Waals surface area contributed by atoms with Crippen LogP contribution in [0.2, 0.25) is 0 Å². The van der Waals surface area contributed by atoms with Gasteiger partial charge in [-0.05, 0) is 13.8 Å². The van der Waals surface area contributed by atoms with Gasteiger partial charge in [-0.2, -0.15) is 0 Å². The number of hydrogen-bond acceptors (Lipinski definition) is 4. The molecule has 5 heteroatoms. The van der Waals surface area contributed by atoms with Crippen LogP contribution in [0.5, 0.6) is 0 Å². The molecule has 0 spiro atoms. The number of rotatable bonds is 3. The zero-order valence-corrected chi connectivity index (χ0v) is 7.71. The zero-order chi connectivity index (χ0) is 9.84. The topological polar surface area (TPSA) is 63.8 Å². The maximum atomic E-state index is 13.3. The third-order valence-corrected chi connectivity index (χ3v) is 1.70. The van der Waals surface area contributed by atoms with Gasteiger partial charge in [-0.1, -0.05) is 0 Å². The Bertz CT molecular complexity index is 289. The van der Waals surface area contributed by atoms with Crippen LogP contribution in [-0.2, 0) is 0 Å². The van der Waals surface area contributed by atoms with Crippen molar-refractivity contribution in [3.63, 3.8) is 0 Å². The van der Waals surface area contributed by atoms with E-state index in [9.17, 15) is 4.39 Å². The summed E-state index contributed by atoms with van der Waals surface area (Å²) < 4.78 is 13.3. The first-order valence-electron chi connectivity index (χ1n) is 4.09. The Morgan fingerprint density at radius 1 is 1.62 bits per heavy atom. The largest absolute Gasteiger partial charge is 0.364 e. The molecule has 0 aromatic carbocycles. The Morgan fingerprint density at radius 2 is 2.31 bits per heavy atom. The highest BCUT2D eigenvalue weighted by molar-refractivity contribution is 5.37. The summed E-state index contributed by atoms with van der Waals surface area (Å²) in [6.07, 6.45) is 1.32. The Hall–Kier alpha value is -1.23. The second kappa shape index (κ2) is 4.13. The Labute approximate surface area is 76.4 Å². The zero-order valence-electron chi connectivity index (χ0n) is 7.71. The number of halogens is 1. The molecule has 4 nitrogen and oxygen atoms in total. The van der Waals surface area contributed by atoms with Crippen molar-refractivity contribution in [1.29, 1.82) is 0 Å². The van der Waals surface area contributed by atoms with Crippen LogP contribution in [0.1, 0.15) is 12.6 Å². The molecule has 0 bridgehead atoms. The smallest absolute Gasteiger partial charge is 0.186 e. The molecule has 0 aliphatic heterocycles. The van der Waals surface area contributed by atoms with Crippen molar-refractivity contribution in [1.82, 2.24) is 9.97 Å². The number of nitrogens with zero attached hydrogens (tertiary/aromatic N) is 2. The van der Waals surface area contributed by atoms with Gasteiger partial charge in [0.1, 0.15) is 6.33 Å². The molecule has 13 heavy (non-hydrogen) atoms. The second-order valence-corrected chi connectivity index (χ2v) is 2.90. The summed E-state index contributed by atoms with van der Waals surface area (Å²) in [4.78, 5) is 7.49. The minimum absolute atomic E-state index is 0.00352. The highest BCUT2D eigenvalue weighted by Crippen LogP contribution is 2.12. The average Bonchev–Trinajstić information content (AvgIpc) is 2.13. The van der Waals surface area contributed by atoms with Crippen LogP contribution in [0.25, 0.3) is 0 Å². The van der Waals surface area contributed by atoms with Crippen molar-refractivity contribution < 1.29 is 4.39 Å². The van der Waals surface area contributed by atoms with Gasteiger partial charge in [0.25, 0.3) is 0 Å². The molecule has 1 rings (SSSR count). The van der Waals surface area contributed by atoms with Gasteiger partial charge in [0.2, 0.25) is 0 Å². The molecule has 0 saturated heterocycles. The van der Waals surface area contributed by atoms with Crippen molar-refractivity contribution in [3.05, 3.63) is 17.8 Å². The fraction of sp³-hybridized carbons (Fsp3) is 0.500. The standard InChI is InChI=1S/C8H13FN4/c1-5(3-10)13-8-7(9)6(2)11-4-12-8/h4-5H,3,10H2,1-2H3,(H,11,12,13). The fourth-order valence-corrected chi connectivity index (χ4v) is 0.851. The van der Waals surface area contributed by atoms with Crippen molar-refractivity contribution in [3.8, 4) is 0 Å². The van der Waals surface area contributed by atoms with Crippen LogP contribution in [0, 0.1) is 12.7 Å². The molecule has 0 amide bonds.